The Kier molecular flexibility index (Phi) is 3.34. The standard InChI is InChI=1S/C12H16F2N2O3/c1-4-8-6(2)12(3,14)10(19-8)16-5-7(13)9(17)15-11(16)18/h5-6,8,10H,4H2,1-3H3,(H,15,17,18)/t6-,8-,10-,12-/m1/s1. The van der Waals surface area contributed by atoms with Crippen LogP contribution in [0.2, 0.25) is 0 Å². The van der Waals surface area contributed by atoms with Crippen molar-refractivity contribution in [3.63, 3.8) is 0 Å². The lowest BCUT2D eigenvalue weighted by atomic mass is 9.88. The van der Waals surface area contributed by atoms with Crippen molar-refractivity contribution in [1.29, 1.82) is 0 Å². The number of aromatic amines is 1. The number of nitrogens with zero attached hydrogens (tertiary/aromatic N) is 1. The minimum Gasteiger partial charge on any atom is -0.351 e. The summed E-state index contributed by atoms with van der Waals surface area (Å²) < 4.78 is 34.2. The van der Waals surface area contributed by atoms with E-state index in [1.54, 1.807) is 11.9 Å². The number of ether oxygens (including phenoxy) is 1. The Morgan fingerprint density at radius 2 is 2.16 bits per heavy atom. The molecule has 4 atom stereocenters. The molecule has 0 spiro atoms. The van der Waals surface area contributed by atoms with E-state index in [1.807, 2.05) is 6.92 Å². The largest absolute Gasteiger partial charge is 0.351 e. The second-order valence-corrected chi connectivity index (χ2v) is 5.02. The zero-order valence-electron chi connectivity index (χ0n) is 10.9. The summed E-state index contributed by atoms with van der Waals surface area (Å²) in [5.41, 5.74) is -3.83. The van der Waals surface area contributed by atoms with Gasteiger partial charge in [0.25, 0.3) is 5.56 Å². The number of nitrogens with one attached hydrogen (secondary N) is 1. The molecule has 2 heterocycles. The first-order valence-corrected chi connectivity index (χ1v) is 6.14. The molecule has 0 aromatic carbocycles. The molecule has 0 bridgehead atoms. The second kappa shape index (κ2) is 4.56. The third-order valence-electron chi connectivity index (χ3n) is 3.81. The number of halogens is 2. The lowest BCUT2D eigenvalue weighted by Crippen LogP contribution is -2.41. The molecule has 1 aliphatic rings. The zero-order chi connectivity index (χ0) is 14.4. The molecule has 5 nitrogen and oxygen atoms in total. The number of aromatic nitrogens is 2. The van der Waals surface area contributed by atoms with Gasteiger partial charge in [-0.3, -0.25) is 14.3 Å². The van der Waals surface area contributed by atoms with Gasteiger partial charge in [0.1, 0.15) is 0 Å². The van der Waals surface area contributed by atoms with Crippen LogP contribution in [0.15, 0.2) is 15.8 Å². The smallest absolute Gasteiger partial charge is 0.330 e. The third kappa shape index (κ3) is 2.11. The molecule has 0 radical (unpaired) electrons. The van der Waals surface area contributed by atoms with E-state index in [2.05, 4.69) is 0 Å². The van der Waals surface area contributed by atoms with E-state index in [0.29, 0.717) is 12.6 Å². The van der Waals surface area contributed by atoms with Crippen LogP contribution in [-0.2, 0) is 4.74 Å². The number of hydrogen-bond donors (Lipinski definition) is 1. The van der Waals surface area contributed by atoms with Crippen molar-refractivity contribution in [3.05, 3.63) is 32.9 Å². The molecule has 1 aromatic heterocycles. The summed E-state index contributed by atoms with van der Waals surface area (Å²) in [5.74, 6) is -1.59. The maximum atomic E-state index is 14.7. The average Bonchev–Trinajstić information content (AvgIpc) is 2.56. The molecule has 2 rings (SSSR count). The average molecular weight is 274 g/mol. The summed E-state index contributed by atoms with van der Waals surface area (Å²) in [6, 6.07) is 0. The molecule has 1 N–H and O–H groups in total. The predicted octanol–water partition coefficient (Wildman–Crippen LogP) is 1.35. The minimum absolute atomic E-state index is 0.359. The van der Waals surface area contributed by atoms with Crippen LogP contribution < -0.4 is 11.2 Å². The van der Waals surface area contributed by atoms with E-state index < -0.39 is 34.9 Å². The fraction of sp³-hybridized carbons (Fsp3) is 0.667. The highest BCUT2D eigenvalue weighted by molar-refractivity contribution is 4.99. The van der Waals surface area contributed by atoms with Crippen LogP contribution >= 0.6 is 0 Å². The van der Waals surface area contributed by atoms with Gasteiger partial charge in [0.2, 0.25) is 5.82 Å². The SMILES string of the molecule is CC[C@H]1O[C@@H](n2cc(F)c(=O)[nH]c2=O)[C@](C)(F)[C@@H]1C. The number of alkyl halides is 1. The molecule has 1 aromatic rings. The van der Waals surface area contributed by atoms with Crippen LogP contribution in [0.5, 0.6) is 0 Å². The van der Waals surface area contributed by atoms with E-state index in [-0.39, 0.29) is 6.10 Å². The van der Waals surface area contributed by atoms with E-state index in [1.165, 1.54) is 6.92 Å². The minimum atomic E-state index is -1.82. The van der Waals surface area contributed by atoms with Gasteiger partial charge in [0, 0.05) is 5.92 Å². The molecular weight excluding hydrogens is 258 g/mol. The Bertz CT molecular complexity index is 593. The molecule has 0 amide bonds. The van der Waals surface area contributed by atoms with Gasteiger partial charge in [0.15, 0.2) is 11.9 Å². The molecule has 0 aliphatic carbocycles. The molecule has 1 aliphatic heterocycles. The first-order valence-electron chi connectivity index (χ1n) is 6.14. The zero-order valence-corrected chi connectivity index (χ0v) is 10.9. The summed E-state index contributed by atoms with van der Waals surface area (Å²) in [6.07, 6.45) is -0.334. The van der Waals surface area contributed by atoms with Gasteiger partial charge in [-0.2, -0.15) is 4.39 Å². The number of rotatable bonds is 2. The van der Waals surface area contributed by atoms with Crippen LogP contribution in [0.4, 0.5) is 8.78 Å². The van der Waals surface area contributed by atoms with Gasteiger partial charge in [-0.25, -0.2) is 9.18 Å². The summed E-state index contributed by atoms with van der Waals surface area (Å²) in [7, 11) is 0. The highest BCUT2D eigenvalue weighted by atomic mass is 19.1. The van der Waals surface area contributed by atoms with Gasteiger partial charge in [-0.15, -0.1) is 0 Å². The fourth-order valence-electron chi connectivity index (χ4n) is 2.43. The molecular formula is C12H16F2N2O3. The third-order valence-corrected chi connectivity index (χ3v) is 3.81. The Morgan fingerprint density at radius 1 is 1.53 bits per heavy atom. The highest BCUT2D eigenvalue weighted by Gasteiger charge is 2.52. The first-order chi connectivity index (χ1) is 8.78. The second-order valence-electron chi connectivity index (χ2n) is 5.02. The van der Waals surface area contributed by atoms with Crippen molar-refractivity contribution >= 4 is 0 Å². The summed E-state index contributed by atoms with van der Waals surface area (Å²) in [6.45, 7) is 4.84. The van der Waals surface area contributed by atoms with Crippen LogP contribution in [0.25, 0.3) is 0 Å². The lowest BCUT2D eigenvalue weighted by molar-refractivity contribution is -0.0507. The Labute approximate surface area is 108 Å². The quantitative estimate of drug-likeness (QED) is 0.885. The molecule has 1 saturated heterocycles. The van der Waals surface area contributed by atoms with Crippen LogP contribution in [0, 0.1) is 11.7 Å². The highest BCUT2D eigenvalue weighted by Crippen LogP contribution is 2.45. The molecule has 106 valence electrons. The van der Waals surface area contributed by atoms with Crippen LogP contribution in [0.3, 0.4) is 0 Å². The number of H-pyrrole nitrogens is 1. The van der Waals surface area contributed by atoms with Gasteiger partial charge in [-0.1, -0.05) is 13.8 Å². The van der Waals surface area contributed by atoms with Gasteiger partial charge in [-0.05, 0) is 13.3 Å². The van der Waals surface area contributed by atoms with Crippen molar-refractivity contribution in [2.75, 3.05) is 0 Å². The van der Waals surface area contributed by atoms with Crippen molar-refractivity contribution < 1.29 is 13.5 Å². The molecule has 0 unspecified atom stereocenters. The van der Waals surface area contributed by atoms with E-state index >= 15 is 0 Å². The topological polar surface area (TPSA) is 64.1 Å². The maximum Gasteiger partial charge on any atom is 0.330 e. The monoisotopic (exact) mass is 274 g/mol. The first kappa shape index (κ1) is 13.9. The Morgan fingerprint density at radius 3 is 2.68 bits per heavy atom. The fourth-order valence-corrected chi connectivity index (χ4v) is 2.43. The number of hydrogen-bond acceptors (Lipinski definition) is 3. The summed E-state index contributed by atoms with van der Waals surface area (Å²) in [5, 5.41) is 0. The Balaban J connectivity index is 2.51. The lowest BCUT2D eigenvalue weighted by Gasteiger charge is -2.25. The maximum absolute atomic E-state index is 14.7. The van der Waals surface area contributed by atoms with E-state index in [0.717, 1.165) is 4.57 Å². The van der Waals surface area contributed by atoms with Crippen molar-refractivity contribution in [2.45, 2.75) is 45.2 Å². The summed E-state index contributed by atoms with van der Waals surface area (Å²) >= 11 is 0. The Hall–Kier alpha value is -1.50. The predicted molar refractivity (Wildman–Crippen MR) is 64.2 cm³/mol. The molecule has 7 heteroatoms. The van der Waals surface area contributed by atoms with Crippen molar-refractivity contribution in [1.82, 2.24) is 9.55 Å². The van der Waals surface area contributed by atoms with Crippen molar-refractivity contribution in [3.8, 4) is 0 Å². The van der Waals surface area contributed by atoms with Gasteiger partial charge >= 0.3 is 5.69 Å². The molecule has 19 heavy (non-hydrogen) atoms. The van der Waals surface area contributed by atoms with E-state index in [9.17, 15) is 18.4 Å². The molecule has 0 saturated carbocycles. The van der Waals surface area contributed by atoms with Crippen LogP contribution in [0.1, 0.15) is 33.4 Å². The summed E-state index contributed by atoms with van der Waals surface area (Å²) in [4.78, 5) is 24.4. The van der Waals surface area contributed by atoms with Gasteiger partial charge in [0.05, 0.1) is 12.3 Å². The van der Waals surface area contributed by atoms with Gasteiger partial charge < -0.3 is 4.74 Å². The van der Waals surface area contributed by atoms with E-state index in [4.69, 9.17) is 4.74 Å². The van der Waals surface area contributed by atoms with Crippen LogP contribution in [-0.4, -0.2) is 21.3 Å². The van der Waals surface area contributed by atoms with Crippen molar-refractivity contribution in [2.24, 2.45) is 5.92 Å². The normalized spacial score (nSPS) is 34.7. The molecule has 1 fully saturated rings.